The first-order valence-electron chi connectivity index (χ1n) is 6.42. The van der Waals surface area contributed by atoms with Crippen molar-refractivity contribution in [2.45, 2.75) is 6.92 Å². The molecule has 8 heteroatoms. The summed E-state index contributed by atoms with van der Waals surface area (Å²) in [4.78, 5) is 30.5. The molecule has 0 aliphatic rings. The maximum absolute atomic E-state index is 11.2. The monoisotopic (exact) mass is 296 g/mol. The van der Waals surface area contributed by atoms with E-state index in [1.807, 2.05) is 0 Å². The Morgan fingerprint density at radius 2 is 2.09 bits per heavy atom. The van der Waals surface area contributed by atoms with E-state index in [0.29, 0.717) is 28.3 Å². The van der Waals surface area contributed by atoms with Gasteiger partial charge in [-0.25, -0.2) is 9.50 Å². The summed E-state index contributed by atoms with van der Waals surface area (Å²) in [6.45, 7) is 1.41. The first-order valence-corrected chi connectivity index (χ1v) is 6.42. The summed E-state index contributed by atoms with van der Waals surface area (Å²) in [6.07, 6.45) is 4.59. The lowest BCUT2D eigenvalue weighted by atomic mass is 10.1. The molecule has 0 aliphatic heterocycles. The van der Waals surface area contributed by atoms with Crippen molar-refractivity contribution in [3.05, 3.63) is 42.4 Å². The van der Waals surface area contributed by atoms with Crippen LogP contribution in [0, 0.1) is 0 Å². The SMILES string of the molecule is CC(=O)Nc1cn2nc(-c3cncc(C(N)=O)c3)ccc2n1. The van der Waals surface area contributed by atoms with Gasteiger partial charge in [-0.2, -0.15) is 5.10 Å². The zero-order valence-electron chi connectivity index (χ0n) is 11.6. The van der Waals surface area contributed by atoms with Gasteiger partial charge in [0, 0.05) is 24.9 Å². The van der Waals surface area contributed by atoms with Crippen molar-refractivity contribution < 1.29 is 9.59 Å². The summed E-state index contributed by atoms with van der Waals surface area (Å²) < 4.78 is 1.54. The molecule has 0 aromatic carbocycles. The van der Waals surface area contributed by atoms with Crippen molar-refractivity contribution in [2.24, 2.45) is 5.73 Å². The average Bonchev–Trinajstić information content (AvgIpc) is 2.87. The summed E-state index contributed by atoms with van der Waals surface area (Å²) in [6, 6.07) is 5.13. The summed E-state index contributed by atoms with van der Waals surface area (Å²) in [5.74, 6) is -0.339. The van der Waals surface area contributed by atoms with Crippen LogP contribution < -0.4 is 11.1 Å². The van der Waals surface area contributed by atoms with Crippen LogP contribution in [0.2, 0.25) is 0 Å². The predicted octanol–water partition coefficient (Wildman–Crippen LogP) is 0.849. The molecule has 3 heterocycles. The lowest BCUT2D eigenvalue weighted by Gasteiger charge is -2.02. The number of nitrogens with two attached hydrogens (primary N) is 1. The first kappa shape index (κ1) is 13.7. The highest BCUT2D eigenvalue weighted by atomic mass is 16.1. The lowest BCUT2D eigenvalue weighted by Crippen LogP contribution is -2.11. The fraction of sp³-hybridized carbons (Fsp3) is 0.0714. The molecule has 0 radical (unpaired) electrons. The Morgan fingerprint density at radius 3 is 2.82 bits per heavy atom. The van der Waals surface area contributed by atoms with Gasteiger partial charge in [-0.3, -0.25) is 14.6 Å². The molecule has 0 saturated heterocycles. The van der Waals surface area contributed by atoms with Gasteiger partial charge < -0.3 is 11.1 Å². The van der Waals surface area contributed by atoms with Crippen LogP contribution in [0.1, 0.15) is 17.3 Å². The smallest absolute Gasteiger partial charge is 0.250 e. The van der Waals surface area contributed by atoms with Crippen LogP contribution in [0.4, 0.5) is 5.82 Å². The molecule has 3 rings (SSSR count). The number of nitrogens with zero attached hydrogens (tertiary/aromatic N) is 4. The van der Waals surface area contributed by atoms with Crippen molar-refractivity contribution >= 4 is 23.3 Å². The summed E-state index contributed by atoms with van der Waals surface area (Å²) >= 11 is 0. The number of anilines is 1. The van der Waals surface area contributed by atoms with E-state index in [-0.39, 0.29) is 5.91 Å². The third-order valence-electron chi connectivity index (χ3n) is 2.94. The second-order valence-corrected chi connectivity index (χ2v) is 4.66. The van der Waals surface area contributed by atoms with E-state index in [1.165, 1.54) is 17.6 Å². The van der Waals surface area contributed by atoms with Crippen LogP contribution in [0.25, 0.3) is 16.9 Å². The maximum Gasteiger partial charge on any atom is 0.250 e. The van der Waals surface area contributed by atoms with Crippen molar-refractivity contribution in [1.82, 2.24) is 19.6 Å². The molecule has 0 bridgehead atoms. The number of hydrogen-bond acceptors (Lipinski definition) is 5. The number of carbonyl (C=O) groups excluding carboxylic acids is 2. The van der Waals surface area contributed by atoms with Crippen molar-refractivity contribution in [3.63, 3.8) is 0 Å². The quantitative estimate of drug-likeness (QED) is 0.743. The summed E-state index contributed by atoms with van der Waals surface area (Å²) in [5.41, 5.74) is 7.41. The fourth-order valence-corrected chi connectivity index (χ4v) is 1.99. The Hall–Kier alpha value is -3.29. The third kappa shape index (κ3) is 2.62. The standard InChI is InChI=1S/C14H12N6O2/c1-8(21)17-12-7-20-13(18-12)3-2-11(19-20)9-4-10(14(15)22)6-16-5-9/h2-7H,1H3,(H2,15,22)(H,17,21). The van der Waals surface area contributed by atoms with Gasteiger partial charge in [0.25, 0.3) is 0 Å². The molecule has 0 aliphatic carbocycles. The number of amides is 2. The van der Waals surface area contributed by atoms with Crippen LogP contribution in [0.3, 0.4) is 0 Å². The van der Waals surface area contributed by atoms with Gasteiger partial charge in [-0.05, 0) is 18.2 Å². The molecule has 0 spiro atoms. The topological polar surface area (TPSA) is 115 Å². The Balaban J connectivity index is 2.02. The third-order valence-corrected chi connectivity index (χ3v) is 2.94. The number of rotatable bonds is 3. The molecule has 0 saturated carbocycles. The molecule has 3 N–H and O–H groups in total. The average molecular weight is 296 g/mol. The number of aromatic nitrogens is 4. The molecule has 0 atom stereocenters. The minimum atomic E-state index is -0.550. The number of nitrogens with one attached hydrogen (secondary N) is 1. The molecule has 110 valence electrons. The fourth-order valence-electron chi connectivity index (χ4n) is 1.99. The maximum atomic E-state index is 11.2. The van der Waals surface area contributed by atoms with Gasteiger partial charge in [0.1, 0.15) is 0 Å². The first-order chi connectivity index (χ1) is 10.5. The van der Waals surface area contributed by atoms with Gasteiger partial charge in [-0.15, -0.1) is 0 Å². The van der Waals surface area contributed by atoms with E-state index in [1.54, 1.807) is 30.6 Å². The van der Waals surface area contributed by atoms with Gasteiger partial charge in [0.05, 0.1) is 17.5 Å². The normalized spacial score (nSPS) is 10.6. The number of imidazole rings is 1. The molecular formula is C14H12N6O2. The highest BCUT2D eigenvalue weighted by molar-refractivity contribution is 5.93. The van der Waals surface area contributed by atoms with Gasteiger partial charge in [0.2, 0.25) is 11.8 Å². The van der Waals surface area contributed by atoms with Crippen molar-refractivity contribution in [3.8, 4) is 11.3 Å². The molecule has 2 amide bonds. The summed E-state index contributed by atoms with van der Waals surface area (Å²) in [7, 11) is 0. The summed E-state index contributed by atoms with van der Waals surface area (Å²) in [5, 5.41) is 6.98. The Kier molecular flexibility index (Phi) is 3.26. The van der Waals surface area contributed by atoms with E-state index in [2.05, 4.69) is 20.4 Å². The molecule has 22 heavy (non-hydrogen) atoms. The van der Waals surface area contributed by atoms with E-state index in [9.17, 15) is 9.59 Å². The Bertz CT molecular complexity index is 886. The molecule has 0 unspecified atom stereocenters. The highest BCUT2D eigenvalue weighted by Gasteiger charge is 2.08. The van der Waals surface area contributed by atoms with Crippen LogP contribution in [0.5, 0.6) is 0 Å². The Morgan fingerprint density at radius 1 is 1.27 bits per heavy atom. The van der Waals surface area contributed by atoms with Crippen molar-refractivity contribution in [1.29, 1.82) is 0 Å². The predicted molar refractivity (Wildman–Crippen MR) is 79.0 cm³/mol. The van der Waals surface area contributed by atoms with Crippen LogP contribution in [0.15, 0.2) is 36.8 Å². The second-order valence-electron chi connectivity index (χ2n) is 4.66. The highest BCUT2D eigenvalue weighted by Crippen LogP contribution is 2.18. The number of primary amides is 1. The van der Waals surface area contributed by atoms with Crippen LogP contribution >= 0.6 is 0 Å². The minimum Gasteiger partial charge on any atom is -0.366 e. The molecule has 3 aromatic heterocycles. The zero-order chi connectivity index (χ0) is 15.7. The van der Waals surface area contributed by atoms with Gasteiger partial charge >= 0.3 is 0 Å². The van der Waals surface area contributed by atoms with Gasteiger partial charge in [-0.1, -0.05) is 0 Å². The number of carbonyl (C=O) groups is 2. The number of hydrogen-bond donors (Lipinski definition) is 2. The van der Waals surface area contributed by atoms with E-state index >= 15 is 0 Å². The largest absolute Gasteiger partial charge is 0.366 e. The molecule has 3 aromatic rings. The van der Waals surface area contributed by atoms with Gasteiger partial charge in [0.15, 0.2) is 11.5 Å². The van der Waals surface area contributed by atoms with Crippen molar-refractivity contribution in [2.75, 3.05) is 5.32 Å². The second kappa shape index (κ2) is 5.24. The molecule has 0 fully saturated rings. The van der Waals surface area contributed by atoms with E-state index in [4.69, 9.17) is 5.73 Å². The number of pyridine rings is 1. The van der Waals surface area contributed by atoms with E-state index in [0.717, 1.165) is 0 Å². The van der Waals surface area contributed by atoms with Crippen LogP contribution in [-0.4, -0.2) is 31.4 Å². The minimum absolute atomic E-state index is 0.206. The van der Waals surface area contributed by atoms with E-state index < -0.39 is 5.91 Å². The van der Waals surface area contributed by atoms with Crippen LogP contribution in [-0.2, 0) is 4.79 Å². The lowest BCUT2D eigenvalue weighted by molar-refractivity contribution is -0.114. The zero-order valence-corrected chi connectivity index (χ0v) is 11.6. The molecule has 8 nitrogen and oxygen atoms in total. The molecular weight excluding hydrogens is 284 g/mol. The number of fused-ring (bicyclic) bond motifs is 1. The Labute approximate surface area is 125 Å².